The highest BCUT2D eigenvalue weighted by molar-refractivity contribution is 6.01. The molecule has 1 aromatic heterocycles. The number of hydrogen-bond acceptors (Lipinski definition) is 4. The maximum absolute atomic E-state index is 12.2. The standard InChI is InChI=1S/C23H33NO4/c1-2-3-4-5-6-7-8-9-10-13-16-27-19-28-23(26)24-17-20(18-25)21-14-11-12-15-22(21)24/h11-12,14-15,17-18H,2-10,13,16,19H2,1H3. The predicted octanol–water partition coefficient (Wildman–Crippen LogP) is 6.33. The van der Waals surface area contributed by atoms with E-state index in [9.17, 15) is 9.59 Å². The molecule has 2 rings (SSSR count). The molecule has 5 nitrogen and oxygen atoms in total. The fraction of sp³-hybridized carbons (Fsp3) is 0.565. The number of aldehydes is 1. The van der Waals surface area contributed by atoms with Crippen molar-refractivity contribution in [2.24, 2.45) is 0 Å². The Balaban J connectivity index is 1.55. The van der Waals surface area contributed by atoms with Gasteiger partial charge in [0, 0.05) is 17.1 Å². The minimum Gasteiger partial charge on any atom is -0.422 e. The highest BCUT2D eigenvalue weighted by Gasteiger charge is 2.13. The Morgan fingerprint density at radius 2 is 1.61 bits per heavy atom. The van der Waals surface area contributed by atoms with Crippen LogP contribution in [-0.2, 0) is 9.47 Å². The third-order valence-corrected chi connectivity index (χ3v) is 4.97. The normalized spacial score (nSPS) is 11.0. The molecule has 0 aliphatic carbocycles. The average Bonchev–Trinajstić information content (AvgIpc) is 3.10. The van der Waals surface area contributed by atoms with E-state index in [4.69, 9.17) is 9.47 Å². The van der Waals surface area contributed by atoms with E-state index < -0.39 is 6.09 Å². The summed E-state index contributed by atoms with van der Waals surface area (Å²) in [4.78, 5) is 23.4. The lowest BCUT2D eigenvalue weighted by Gasteiger charge is -2.07. The summed E-state index contributed by atoms with van der Waals surface area (Å²) in [6, 6.07) is 7.25. The van der Waals surface area contributed by atoms with Gasteiger partial charge in [0.25, 0.3) is 0 Å². The SMILES string of the molecule is CCCCCCCCCCCCOCOC(=O)n1cc(C=O)c2ccccc21. The first-order valence-electron chi connectivity index (χ1n) is 10.6. The molecule has 0 aliphatic heterocycles. The van der Waals surface area contributed by atoms with Gasteiger partial charge in [-0.15, -0.1) is 0 Å². The van der Waals surface area contributed by atoms with Crippen LogP contribution in [0, 0.1) is 0 Å². The van der Waals surface area contributed by atoms with Gasteiger partial charge in [0.05, 0.1) is 12.1 Å². The van der Waals surface area contributed by atoms with Crippen molar-refractivity contribution in [2.75, 3.05) is 13.4 Å². The van der Waals surface area contributed by atoms with Gasteiger partial charge in [-0.25, -0.2) is 4.79 Å². The highest BCUT2D eigenvalue weighted by Crippen LogP contribution is 2.20. The summed E-state index contributed by atoms with van der Waals surface area (Å²) in [5.41, 5.74) is 1.13. The smallest absolute Gasteiger partial charge is 0.420 e. The van der Waals surface area contributed by atoms with Crippen molar-refractivity contribution in [2.45, 2.75) is 71.1 Å². The lowest BCUT2D eigenvalue weighted by atomic mass is 10.1. The van der Waals surface area contributed by atoms with E-state index >= 15 is 0 Å². The van der Waals surface area contributed by atoms with Crippen molar-refractivity contribution in [3.63, 3.8) is 0 Å². The third-order valence-electron chi connectivity index (χ3n) is 4.97. The minimum absolute atomic E-state index is 0.0702. The molecule has 0 amide bonds. The number of unbranched alkanes of at least 4 members (excludes halogenated alkanes) is 9. The summed E-state index contributed by atoms with van der Waals surface area (Å²) in [6.07, 6.45) is 14.5. The van der Waals surface area contributed by atoms with Gasteiger partial charge in [0.2, 0.25) is 0 Å². The molecule has 5 heteroatoms. The number of carbonyl (C=O) groups is 2. The molecule has 0 aliphatic rings. The number of para-hydroxylation sites is 1. The summed E-state index contributed by atoms with van der Waals surface area (Å²) in [5, 5.41) is 0.737. The van der Waals surface area contributed by atoms with Crippen molar-refractivity contribution in [1.29, 1.82) is 0 Å². The Bertz CT molecular complexity index is 722. The summed E-state index contributed by atoms with van der Waals surface area (Å²) >= 11 is 0. The van der Waals surface area contributed by atoms with Gasteiger partial charge in [-0.1, -0.05) is 82.9 Å². The number of aromatic nitrogens is 1. The van der Waals surface area contributed by atoms with Crippen molar-refractivity contribution in [3.8, 4) is 0 Å². The van der Waals surface area contributed by atoms with Crippen molar-refractivity contribution in [3.05, 3.63) is 36.0 Å². The molecular weight excluding hydrogens is 354 g/mol. The maximum atomic E-state index is 12.2. The topological polar surface area (TPSA) is 57.5 Å². The molecule has 0 radical (unpaired) electrons. The molecular formula is C23H33NO4. The molecule has 0 N–H and O–H groups in total. The van der Waals surface area contributed by atoms with Crippen LogP contribution in [0.5, 0.6) is 0 Å². The van der Waals surface area contributed by atoms with E-state index in [0.717, 1.165) is 24.5 Å². The van der Waals surface area contributed by atoms with E-state index in [1.54, 1.807) is 6.07 Å². The summed E-state index contributed by atoms with van der Waals surface area (Å²) in [6.45, 7) is 2.77. The Morgan fingerprint density at radius 1 is 0.964 bits per heavy atom. The van der Waals surface area contributed by atoms with Crippen LogP contribution in [0.1, 0.15) is 81.5 Å². The molecule has 0 saturated carbocycles. The molecule has 0 saturated heterocycles. The van der Waals surface area contributed by atoms with E-state index in [1.165, 1.54) is 62.1 Å². The summed E-state index contributed by atoms with van der Waals surface area (Å²) in [7, 11) is 0. The largest absolute Gasteiger partial charge is 0.422 e. The predicted molar refractivity (Wildman–Crippen MR) is 112 cm³/mol. The van der Waals surface area contributed by atoms with E-state index in [1.807, 2.05) is 18.2 Å². The molecule has 0 unspecified atom stereocenters. The quantitative estimate of drug-likeness (QED) is 0.216. The molecule has 154 valence electrons. The van der Waals surface area contributed by atoms with E-state index in [2.05, 4.69) is 6.92 Å². The van der Waals surface area contributed by atoms with Crippen LogP contribution >= 0.6 is 0 Å². The second-order valence-corrected chi connectivity index (χ2v) is 7.21. The van der Waals surface area contributed by atoms with Gasteiger partial charge < -0.3 is 9.47 Å². The zero-order chi connectivity index (χ0) is 20.0. The van der Waals surface area contributed by atoms with E-state index in [0.29, 0.717) is 17.7 Å². The van der Waals surface area contributed by atoms with Gasteiger partial charge in [0.1, 0.15) is 0 Å². The van der Waals surface area contributed by atoms with Crippen LogP contribution in [0.3, 0.4) is 0 Å². The Labute approximate surface area is 168 Å². The molecule has 28 heavy (non-hydrogen) atoms. The molecule has 1 heterocycles. The number of ether oxygens (including phenoxy) is 2. The number of benzene rings is 1. The Hall–Kier alpha value is -2.14. The third kappa shape index (κ3) is 7.12. The summed E-state index contributed by atoms with van der Waals surface area (Å²) in [5.74, 6) is 0. The lowest BCUT2D eigenvalue weighted by Crippen LogP contribution is -2.15. The second kappa shape index (κ2) is 13.1. The van der Waals surface area contributed by atoms with Crippen LogP contribution in [0.2, 0.25) is 0 Å². The number of hydrogen-bond donors (Lipinski definition) is 0. The Kier molecular flexibility index (Phi) is 10.4. The fourth-order valence-corrected chi connectivity index (χ4v) is 3.36. The van der Waals surface area contributed by atoms with Gasteiger partial charge in [-0.3, -0.25) is 9.36 Å². The molecule has 2 aromatic rings. The fourth-order valence-electron chi connectivity index (χ4n) is 3.36. The summed E-state index contributed by atoms with van der Waals surface area (Å²) < 4.78 is 11.9. The molecule has 0 bridgehead atoms. The molecule has 1 aromatic carbocycles. The first-order valence-corrected chi connectivity index (χ1v) is 10.6. The average molecular weight is 388 g/mol. The molecule has 0 spiro atoms. The molecule has 0 fully saturated rings. The number of nitrogens with zero attached hydrogens (tertiary/aromatic N) is 1. The zero-order valence-corrected chi connectivity index (χ0v) is 17.0. The van der Waals surface area contributed by atoms with Crippen LogP contribution in [-0.4, -0.2) is 30.3 Å². The van der Waals surface area contributed by atoms with Gasteiger partial charge in [-0.05, 0) is 12.5 Å². The first-order chi connectivity index (χ1) is 13.8. The van der Waals surface area contributed by atoms with Gasteiger partial charge in [-0.2, -0.15) is 0 Å². The van der Waals surface area contributed by atoms with Crippen LogP contribution in [0.4, 0.5) is 4.79 Å². The van der Waals surface area contributed by atoms with E-state index in [-0.39, 0.29) is 6.79 Å². The lowest BCUT2D eigenvalue weighted by molar-refractivity contribution is -0.0155. The van der Waals surface area contributed by atoms with Crippen molar-refractivity contribution < 1.29 is 19.1 Å². The van der Waals surface area contributed by atoms with Gasteiger partial charge in [0.15, 0.2) is 13.1 Å². The van der Waals surface area contributed by atoms with Crippen molar-refractivity contribution in [1.82, 2.24) is 4.57 Å². The zero-order valence-electron chi connectivity index (χ0n) is 17.0. The highest BCUT2D eigenvalue weighted by atomic mass is 16.7. The number of fused-ring (bicyclic) bond motifs is 1. The second-order valence-electron chi connectivity index (χ2n) is 7.21. The first kappa shape index (κ1) is 22.2. The molecule has 0 atom stereocenters. The number of rotatable bonds is 14. The van der Waals surface area contributed by atoms with Crippen LogP contribution in [0.15, 0.2) is 30.5 Å². The number of carbonyl (C=O) groups excluding carboxylic acids is 2. The van der Waals surface area contributed by atoms with Crippen molar-refractivity contribution >= 4 is 23.3 Å². The van der Waals surface area contributed by atoms with Crippen LogP contribution in [0.25, 0.3) is 10.9 Å². The Morgan fingerprint density at radius 3 is 2.29 bits per heavy atom. The minimum atomic E-state index is -0.535. The maximum Gasteiger partial charge on any atom is 0.420 e. The monoisotopic (exact) mass is 387 g/mol. The van der Waals surface area contributed by atoms with Crippen LogP contribution < -0.4 is 0 Å². The van der Waals surface area contributed by atoms with Gasteiger partial charge >= 0.3 is 6.09 Å².